The van der Waals surface area contributed by atoms with Crippen molar-refractivity contribution in [3.8, 4) is 11.5 Å². The third kappa shape index (κ3) is 4.41. The summed E-state index contributed by atoms with van der Waals surface area (Å²) in [5.41, 5.74) is 1.53. The minimum Gasteiger partial charge on any atom is -0.454 e. The van der Waals surface area contributed by atoms with Gasteiger partial charge in [-0.25, -0.2) is 0 Å². The van der Waals surface area contributed by atoms with Crippen LogP contribution in [-0.4, -0.2) is 72.3 Å². The zero-order valence-electron chi connectivity index (χ0n) is 18.5. The lowest BCUT2D eigenvalue weighted by atomic mass is 9.94. The summed E-state index contributed by atoms with van der Waals surface area (Å²) in [6.07, 6.45) is 1.52. The Hall–Kier alpha value is -3.10. The van der Waals surface area contributed by atoms with Gasteiger partial charge >= 0.3 is 0 Å². The van der Waals surface area contributed by atoms with Gasteiger partial charge in [-0.05, 0) is 36.1 Å². The van der Waals surface area contributed by atoms with E-state index in [4.69, 9.17) is 9.47 Å². The minimum absolute atomic E-state index is 0.178. The van der Waals surface area contributed by atoms with Crippen molar-refractivity contribution in [3.05, 3.63) is 59.7 Å². The zero-order chi connectivity index (χ0) is 22.8. The fourth-order valence-electron chi connectivity index (χ4n) is 4.66. The van der Waals surface area contributed by atoms with Crippen molar-refractivity contribution in [2.45, 2.75) is 30.8 Å². The molecule has 0 aromatic heterocycles. The molecular formula is C25H29N3O5. The van der Waals surface area contributed by atoms with Crippen molar-refractivity contribution in [1.82, 2.24) is 15.1 Å². The standard InChI is InChI=1S/C25H29N3O5/c29-16-20(26-24(31)25(8-9-25)19-4-2-1-3-5-19)23(30)28-12-10-27(11-13-28)15-18-6-7-21-22(14-18)33-17-32-21/h1-7,14,20,29H,8-13,15-17H2,(H,26,31)/t20-/m0/s1. The molecule has 1 aliphatic carbocycles. The van der Waals surface area contributed by atoms with Gasteiger partial charge in [0.1, 0.15) is 6.04 Å². The third-order valence-electron chi connectivity index (χ3n) is 6.82. The van der Waals surface area contributed by atoms with E-state index in [1.165, 1.54) is 0 Å². The van der Waals surface area contributed by atoms with Gasteiger partial charge in [-0.2, -0.15) is 0 Å². The van der Waals surface area contributed by atoms with E-state index in [2.05, 4.69) is 10.2 Å². The number of carbonyl (C=O) groups excluding carboxylic acids is 2. The number of rotatable bonds is 7. The highest BCUT2D eigenvalue weighted by atomic mass is 16.7. The molecule has 2 fully saturated rings. The van der Waals surface area contributed by atoms with Crippen LogP contribution in [-0.2, 0) is 21.5 Å². The van der Waals surface area contributed by atoms with Crippen LogP contribution in [0.15, 0.2) is 48.5 Å². The van der Waals surface area contributed by atoms with Crippen LogP contribution in [0.2, 0.25) is 0 Å². The number of ether oxygens (including phenoxy) is 2. The Morgan fingerprint density at radius 3 is 2.42 bits per heavy atom. The lowest BCUT2D eigenvalue weighted by Gasteiger charge is -2.36. The molecule has 2 aliphatic heterocycles. The van der Waals surface area contributed by atoms with Gasteiger partial charge < -0.3 is 24.8 Å². The highest BCUT2D eigenvalue weighted by Crippen LogP contribution is 2.48. The molecule has 2 aromatic carbocycles. The smallest absolute Gasteiger partial charge is 0.247 e. The lowest BCUT2D eigenvalue weighted by molar-refractivity contribution is -0.139. The first kappa shape index (κ1) is 21.7. The first-order valence-electron chi connectivity index (χ1n) is 11.5. The first-order valence-corrected chi connectivity index (χ1v) is 11.5. The first-order chi connectivity index (χ1) is 16.1. The molecule has 2 amide bonds. The SMILES string of the molecule is O=C([C@H](CO)NC(=O)C1(c2ccccc2)CC1)N1CCN(Cc2ccc3c(c2)OCO3)CC1. The number of amides is 2. The maximum absolute atomic E-state index is 13.0. The normalized spacial score (nSPS) is 19.7. The molecule has 0 unspecified atom stereocenters. The van der Waals surface area contributed by atoms with Gasteiger partial charge in [0, 0.05) is 32.7 Å². The van der Waals surface area contributed by atoms with Gasteiger partial charge in [0.25, 0.3) is 0 Å². The van der Waals surface area contributed by atoms with Gasteiger partial charge in [-0.3, -0.25) is 14.5 Å². The summed E-state index contributed by atoms with van der Waals surface area (Å²) in [5.74, 6) is 1.14. The molecule has 2 N–H and O–H groups in total. The molecule has 1 saturated carbocycles. The number of carbonyl (C=O) groups is 2. The van der Waals surface area contributed by atoms with Crippen LogP contribution in [0.1, 0.15) is 24.0 Å². The quantitative estimate of drug-likeness (QED) is 0.659. The molecule has 0 spiro atoms. The number of hydrogen-bond acceptors (Lipinski definition) is 6. The molecule has 1 atom stereocenters. The van der Waals surface area contributed by atoms with E-state index in [1.54, 1.807) is 4.90 Å². The Labute approximate surface area is 193 Å². The molecule has 3 aliphatic rings. The summed E-state index contributed by atoms with van der Waals surface area (Å²) >= 11 is 0. The van der Waals surface area contributed by atoms with Crippen LogP contribution < -0.4 is 14.8 Å². The number of piperazine rings is 1. The summed E-state index contributed by atoms with van der Waals surface area (Å²) in [4.78, 5) is 30.1. The monoisotopic (exact) mass is 451 g/mol. The maximum atomic E-state index is 13.0. The Balaban J connectivity index is 1.15. The summed E-state index contributed by atoms with van der Waals surface area (Å²) in [6.45, 7) is 3.17. The molecule has 1 saturated heterocycles. The van der Waals surface area contributed by atoms with Crippen LogP contribution >= 0.6 is 0 Å². The Bertz CT molecular complexity index is 1020. The molecule has 8 nitrogen and oxygen atoms in total. The second kappa shape index (κ2) is 9.03. The van der Waals surface area contributed by atoms with Gasteiger partial charge in [-0.1, -0.05) is 36.4 Å². The zero-order valence-corrected chi connectivity index (χ0v) is 18.5. The molecule has 2 heterocycles. The second-order valence-electron chi connectivity index (χ2n) is 8.95. The summed E-state index contributed by atoms with van der Waals surface area (Å²) in [5, 5.41) is 12.7. The lowest BCUT2D eigenvalue weighted by Crippen LogP contribution is -2.57. The highest BCUT2D eigenvalue weighted by Gasteiger charge is 2.52. The van der Waals surface area contributed by atoms with E-state index in [0.717, 1.165) is 55.1 Å². The van der Waals surface area contributed by atoms with Crippen LogP contribution in [0.3, 0.4) is 0 Å². The molecule has 2 aromatic rings. The molecule has 0 radical (unpaired) electrons. The third-order valence-corrected chi connectivity index (χ3v) is 6.82. The van der Waals surface area contributed by atoms with Crippen LogP contribution in [0.25, 0.3) is 0 Å². The minimum atomic E-state index is -0.918. The van der Waals surface area contributed by atoms with E-state index >= 15 is 0 Å². The van der Waals surface area contributed by atoms with Gasteiger partial charge in [-0.15, -0.1) is 0 Å². The van der Waals surface area contributed by atoms with E-state index in [-0.39, 0.29) is 18.6 Å². The Morgan fingerprint density at radius 2 is 1.73 bits per heavy atom. The van der Waals surface area contributed by atoms with Crippen molar-refractivity contribution in [2.24, 2.45) is 0 Å². The Morgan fingerprint density at radius 1 is 1.00 bits per heavy atom. The fourth-order valence-corrected chi connectivity index (χ4v) is 4.66. The van der Waals surface area contributed by atoms with E-state index in [9.17, 15) is 14.7 Å². The molecule has 0 bridgehead atoms. The van der Waals surface area contributed by atoms with Crippen molar-refractivity contribution in [1.29, 1.82) is 0 Å². The number of nitrogens with one attached hydrogen (secondary N) is 1. The van der Waals surface area contributed by atoms with Gasteiger partial charge in [0.2, 0.25) is 18.6 Å². The number of nitrogens with zero attached hydrogens (tertiary/aromatic N) is 2. The molecule has 174 valence electrons. The van der Waals surface area contributed by atoms with Crippen molar-refractivity contribution in [3.63, 3.8) is 0 Å². The van der Waals surface area contributed by atoms with Crippen LogP contribution in [0.4, 0.5) is 0 Å². The molecular weight excluding hydrogens is 422 g/mol. The fraction of sp³-hybridized carbons (Fsp3) is 0.440. The van der Waals surface area contributed by atoms with Gasteiger partial charge in [0.15, 0.2) is 11.5 Å². The molecule has 5 rings (SSSR count). The second-order valence-corrected chi connectivity index (χ2v) is 8.95. The van der Waals surface area contributed by atoms with E-state index in [0.29, 0.717) is 13.1 Å². The average molecular weight is 452 g/mol. The highest BCUT2D eigenvalue weighted by molar-refractivity contribution is 5.95. The van der Waals surface area contributed by atoms with E-state index < -0.39 is 18.1 Å². The number of hydrogen-bond donors (Lipinski definition) is 2. The predicted molar refractivity (Wildman–Crippen MR) is 121 cm³/mol. The number of fused-ring (bicyclic) bond motifs is 1. The summed E-state index contributed by atoms with van der Waals surface area (Å²) < 4.78 is 10.8. The van der Waals surface area contributed by atoms with E-state index in [1.807, 2.05) is 48.5 Å². The van der Waals surface area contributed by atoms with Crippen molar-refractivity contribution < 1.29 is 24.2 Å². The van der Waals surface area contributed by atoms with Crippen molar-refractivity contribution in [2.75, 3.05) is 39.6 Å². The number of aliphatic hydroxyl groups excluding tert-OH is 1. The van der Waals surface area contributed by atoms with Crippen molar-refractivity contribution >= 4 is 11.8 Å². The van der Waals surface area contributed by atoms with Crippen LogP contribution in [0.5, 0.6) is 11.5 Å². The maximum Gasteiger partial charge on any atom is 0.247 e. The largest absolute Gasteiger partial charge is 0.454 e. The van der Waals surface area contributed by atoms with Crippen LogP contribution in [0, 0.1) is 0 Å². The summed E-state index contributed by atoms with van der Waals surface area (Å²) in [7, 11) is 0. The molecule has 8 heteroatoms. The number of benzene rings is 2. The summed E-state index contributed by atoms with van der Waals surface area (Å²) in [6, 6.07) is 14.7. The molecule has 33 heavy (non-hydrogen) atoms. The number of aliphatic hydroxyl groups is 1. The average Bonchev–Trinajstić information content (AvgIpc) is 3.54. The topological polar surface area (TPSA) is 91.3 Å². The predicted octanol–water partition coefficient (Wildman–Crippen LogP) is 1.27. The van der Waals surface area contributed by atoms with Gasteiger partial charge in [0.05, 0.1) is 12.0 Å². The Kier molecular flexibility index (Phi) is 5.95.